The van der Waals surface area contributed by atoms with Gasteiger partial charge in [-0.15, -0.1) is 0 Å². The second-order valence-electron chi connectivity index (χ2n) is 5.35. The van der Waals surface area contributed by atoms with E-state index in [1.165, 1.54) is 0 Å². The maximum absolute atomic E-state index is 12.3. The zero-order valence-corrected chi connectivity index (χ0v) is 12.3. The van der Waals surface area contributed by atoms with Crippen molar-refractivity contribution in [3.05, 3.63) is 78.3 Å². The van der Waals surface area contributed by atoms with Gasteiger partial charge in [0.15, 0.2) is 5.76 Å². The van der Waals surface area contributed by atoms with Gasteiger partial charge in [0.05, 0.1) is 0 Å². The van der Waals surface area contributed by atoms with Crippen LogP contribution in [0.4, 0.5) is 0 Å². The molecular formula is C19H14N2O2. The average molecular weight is 302 g/mol. The predicted molar refractivity (Wildman–Crippen MR) is 89.1 cm³/mol. The van der Waals surface area contributed by atoms with Gasteiger partial charge in [0.2, 0.25) is 0 Å². The fraction of sp³-hybridized carbons (Fsp3) is 0.0526. The van der Waals surface area contributed by atoms with Crippen LogP contribution in [0.15, 0.2) is 71.4 Å². The molecule has 1 amide bonds. The molecule has 0 aliphatic rings. The lowest BCUT2D eigenvalue weighted by molar-refractivity contribution is 0.0925. The van der Waals surface area contributed by atoms with E-state index in [1.807, 2.05) is 48.5 Å². The molecule has 0 saturated carbocycles. The highest BCUT2D eigenvalue weighted by Crippen LogP contribution is 2.28. The molecule has 0 atom stereocenters. The summed E-state index contributed by atoms with van der Waals surface area (Å²) in [6, 6.07) is 17.5. The first-order chi connectivity index (χ1) is 11.3. The molecule has 0 unspecified atom stereocenters. The predicted octanol–water partition coefficient (Wildman–Crippen LogP) is 3.91. The minimum absolute atomic E-state index is 0.228. The van der Waals surface area contributed by atoms with E-state index in [0.717, 1.165) is 27.3 Å². The number of rotatable bonds is 3. The van der Waals surface area contributed by atoms with Gasteiger partial charge in [0.25, 0.3) is 5.91 Å². The summed E-state index contributed by atoms with van der Waals surface area (Å²) in [6.45, 7) is 0.421. The Morgan fingerprint density at radius 2 is 1.96 bits per heavy atom. The van der Waals surface area contributed by atoms with Gasteiger partial charge in [-0.1, -0.05) is 36.4 Å². The number of hydrogen-bond acceptors (Lipinski definition) is 3. The van der Waals surface area contributed by atoms with Crippen LogP contribution in [0.25, 0.3) is 21.7 Å². The first-order valence-corrected chi connectivity index (χ1v) is 7.40. The first-order valence-electron chi connectivity index (χ1n) is 7.40. The Morgan fingerprint density at radius 1 is 1.04 bits per heavy atom. The highest BCUT2D eigenvalue weighted by Gasteiger charge is 2.13. The molecule has 4 nitrogen and oxygen atoms in total. The summed E-state index contributed by atoms with van der Waals surface area (Å²) in [5, 5.41) is 6.02. The maximum atomic E-state index is 12.3. The molecule has 112 valence electrons. The summed E-state index contributed by atoms with van der Waals surface area (Å²) in [5.41, 5.74) is 1.66. The normalized spacial score (nSPS) is 11.0. The number of pyridine rings is 1. The highest BCUT2D eigenvalue weighted by molar-refractivity contribution is 6.08. The maximum Gasteiger partial charge on any atom is 0.287 e. The van der Waals surface area contributed by atoms with E-state index in [9.17, 15) is 4.79 Å². The number of fused-ring (bicyclic) bond motifs is 3. The summed E-state index contributed by atoms with van der Waals surface area (Å²) < 4.78 is 5.70. The molecule has 0 radical (unpaired) electrons. The molecule has 4 rings (SSSR count). The van der Waals surface area contributed by atoms with Crippen molar-refractivity contribution >= 4 is 27.6 Å². The molecule has 2 heterocycles. The molecule has 0 aliphatic heterocycles. The van der Waals surface area contributed by atoms with E-state index in [1.54, 1.807) is 18.5 Å². The van der Waals surface area contributed by atoms with Crippen LogP contribution in [0, 0.1) is 0 Å². The largest absolute Gasteiger partial charge is 0.451 e. The van der Waals surface area contributed by atoms with Crippen molar-refractivity contribution in [3.63, 3.8) is 0 Å². The number of carbonyl (C=O) groups is 1. The van der Waals surface area contributed by atoms with E-state index >= 15 is 0 Å². The minimum Gasteiger partial charge on any atom is -0.451 e. The lowest BCUT2D eigenvalue weighted by atomic mass is 10.1. The van der Waals surface area contributed by atoms with E-state index in [0.29, 0.717) is 12.3 Å². The molecule has 2 aromatic heterocycles. The summed E-state index contributed by atoms with van der Waals surface area (Å²) in [5.74, 6) is 0.0920. The zero-order valence-electron chi connectivity index (χ0n) is 12.3. The summed E-state index contributed by atoms with van der Waals surface area (Å²) in [6.07, 6.45) is 3.43. The standard InChI is InChI=1S/C19H14N2O2/c22-19(21-12-13-4-3-9-20-11-13)18-10-16-15-6-2-1-5-14(15)7-8-17(16)23-18/h1-11H,12H2,(H,21,22). The lowest BCUT2D eigenvalue weighted by Crippen LogP contribution is -2.22. The molecule has 0 aliphatic carbocycles. The van der Waals surface area contributed by atoms with Gasteiger partial charge in [-0.3, -0.25) is 9.78 Å². The number of aromatic nitrogens is 1. The van der Waals surface area contributed by atoms with Crippen LogP contribution in [0.3, 0.4) is 0 Å². The van der Waals surface area contributed by atoms with Gasteiger partial charge >= 0.3 is 0 Å². The highest BCUT2D eigenvalue weighted by atomic mass is 16.3. The van der Waals surface area contributed by atoms with Crippen LogP contribution in [0.5, 0.6) is 0 Å². The number of nitrogens with one attached hydrogen (secondary N) is 1. The first kappa shape index (κ1) is 13.5. The van der Waals surface area contributed by atoms with Gasteiger partial charge in [0, 0.05) is 24.3 Å². The number of furan rings is 1. The van der Waals surface area contributed by atoms with Crippen LogP contribution in [0.2, 0.25) is 0 Å². The molecule has 4 heteroatoms. The van der Waals surface area contributed by atoms with Gasteiger partial charge in [-0.05, 0) is 34.5 Å². The Balaban J connectivity index is 1.63. The van der Waals surface area contributed by atoms with Crippen LogP contribution in [0.1, 0.15) is 16.1 Å². The number of carbonyl (C=O) groups excluding carboxylic acids is 1. The summed E-state index contributed by atoms with van der Waals surface area (Å²) >= 11 is 0. The SMILES string of the molecule is O=C(NCc1cccnc1)c1cc2c(ccc3ccccc32)o1. The van der Waals surface area contributed by atoms with Crippen LogP contribution in [-0.4, -0.2) is 10.9 Å². The molecule has 4 aromatic rings. The van der Waals surface area contributed by atoms with Gasteiger partial charge in [-0.25, -0.2) is 0 Å². The van der Waals surface area contributed by atoms with Crippen molar-refractivity contribution in [2.75, 3.05) is 0 Å². The Morgan fingerprint density at radius 3 is 2.83 bits per heavy atom. The van der Waals surface area contributed by atoms with Crippen molar-refractivity contribution in [1.82, 2.24) is 10.3 Å². The van der Waals surface area contributed by atoms with Crippen LogP contribution < -0.4 is 5.32 Å². The van der Waals surface area contributed by atoms with Gasteiger partial charge < -0.3 is 9.73 Å². The minimum atomic E-state index is -0.228. The smallest absolute Gasteiger partial charge is 0.287 e. The average Bonchev–Trinajstić information content (AvgIpc) is 3.05. The lowest BCUT2D eigenvalue weighted by Gasteiger charge is -2.02. The van der Waals surface area contributed by atoms with Crippen molar-refractivity contribution in [3.8, 4) is 0 Å². The van der Waals surface area contributed by atoms with Crippen molar-refractivity contribution in [2.45, 2.75) is 6.54 Å². The van der Waals surface area contributed by atoms with Crippen molar-refractivity contribution in [2.24, 2.45) is 0 Å². The number of nitrogens with zero attached hydrogens (tertiary/aromatic N) is 1. The van der Waals surface area contributed by atoms with E-state index in [4.69, 9.17) is 4.42 Å². The Hall–Kier alpha value is -3.14. The molecular weight excluding hydrogens is 288 g/mol. The van der Waals surface area contributed by atoms with Crippen molar-refractivity contribution < 1.29 is 9.21 Å². The number of amides is 1. The summed E-state index contributed by atoms with van der Waals surface area (Å²) in [4.78, 5) is 16.3. The molecule has 23 heavy (non-hydrogen) atoms. The quantitative estimate of drug-likeness (QED) is 0.624. The number of benzene rings is 2. The third-order valence-corrected chi connectivity index (χ3v) is 3.83. The van der Waals surface area contributed by atoms with Crippen LogP contribution >= 0.6 is 0 Å². The fourth-order valence-corrected chi connectivity index (χ4v) is 2.68. The van der Waals surface area contributed by atoms with E-state index in [2.05, 4.69) is 10.3 Å². The zero-order chi connectivity index (χ0) is 15.6. The van der Waals surface area contributed by atoms with E-state index < -0.39 is 0 Å². The van der Waals surface area contributed by atoms with Crippen molar-refractivity contribution in [1.29, 1.82) is 0 Å². The number of hydrogen-bond donors (Lipinski definition) is 1. The molecule has 0 saturated heterocycles. The third kappa shape index (κ3) is 2.55. The van der Waals surface area contributed by atoms with Gasteiger partial charge in [-0.2, -0.15) is 0 Å². The Labute approximate surface area is 132 Å². The molecule has 1 N–H and O–H groups in total. The second-order valence-corrected chi connectivity index (χ2v) is 5.35. The fourth-order valence-electron chi connectivity index (χ4n) is 2.68. The van der Waals surface area contributed by atoms with Crippen LogP contribution in [-0.2, 0) is 6.54 Å². The van der Waals surface area contributed by atoms with E-state index in [-0.39, 0.29) is 5.91 Å². The molecule has 0 spiro atoms. The van der Waals surface area contributed by atoms with Gasteiger partial charge in [0.1, 0.15) is 5.58 Å². The second kappa shape index (κ2) is 5.57. The molecule has 0 fully saturated rings. The third-order valence-electron chi connectivity index (χ3n) is 3.83. The summed E-state index contributed by atoms with van der Waals surface area (Å²) in [7, 11) is 0. The topological polar surface area (TPSA) is 55.1 Å². The Bertz CT molecular complexity index is 990. The molecule has 2 aromatic carbocycles. The Kier molecular flexibility index (Phi) is 3.27. The molecule has 0 bridgehead atoms. The monoisotopic (exact) mass is 302 g/mol.